The van der Waals surface area contributed by atoms with Gasteiger partial charge in [-0.15, -0.1) is 11.3 Å². The summed E-state index contributed by atoms with van der Waals surface area (Å²) in [7, 11) is 0. The number of rotatable bonds is 6. The highest BCUT2D eigenvalue weighted by Gasteiger charge is 2.11. The van der Waals surface area contributed by atoms with Gasteiger partial charge in [0.25, 0.3) is 0 Å². The van der Waals surface area contributed by atoms with Gasteiger partial charge in [0.2, 0.25) is 0 Å². The molecule has 1 rings (SSSR count). The fourth-order valence-electron chi connectivity index (χ4n) is 1.43. The fraction of sp³-hybridized carbons (Fsp3) is 0.667. The van der Waals surface area contributed by atoms with Gasteiger partial charge in [-0.2, -0.15) is 0 Å². The lowest BCUT2D eigenvalue weighted by atomic mass is 10.1. The van der Waals surface area contributed by atoms with Gasteiger partial charge in [-0.3, -0.25) is 0 Å². The Bertz CT molecular complexity index is 288. The van der Waals surface area contributed by atoms with E-state index in [2.05, 4.69) is 23.7 Å². The van der Waals surface area contributed by atoms with Crippen molar-refractivity contribution in [3.05, 3.63) is 21.9 Å². The Hall–Kier alpha value is -0.380. The first kappa shape index (κ1) is 12.7. The van der Waals surface area contributed by atoms with Gasteiger partial charge in [-0.25, -0.2) is 0 Å². The molecule has 1 heterocycles. The van der Waals surface area contributed by atoms with Crippen LogP contribution in [0.2, 0.25) is 0 Å². The Labute approximate surface area is 96.3 Å². The third-order valence-electron chi connectivity index (χ3n) is 2.42. The average Bonchev–Trinajstić information content (AvgIpc) is 2.58. The largest absolute Gasteiger partial charge is 0.390 e. The maximum Gasteiger partial charge on any atom is 0.0603 e. The molecule has 2 nitrogen and oxygen atoms in total. The molecule has 1 aromatic heterocycles. The lowest BCUT2D eigenvalue weighted by Gasteiger charge is -2.16. The number of nitrogens with one attached hydrogen (secondary N) is 1. The summed E-state index contributed by atoms with van der Waals surface area (Å²) in [6.45, 7) is 7.67. The van der Waals surface area contributed by atoms with Gasteiger partial charge in [0.1, 0.15) is 0 Å². The van der Waals surface area contributed by atoms with Crippen LogP contribution in [0.15, 0.2) is 11.4 Å². The van der Waals surface area contributed by atoms with Gasteiger partial charge in [0.15, 0.2) is 0 Å². The topological polar surface area (TPSA) is 32.3 Å². The van der Waals surface area contributed by atoms with E-state index in [9.17, 15) is 5.11 Å². The Balaban J connectivity index is 2.26. The SMILES string of the molecule is CCc1ccsc1CNCCC(C)(C)O. The lowest BCUT2D eigenvalue weighted by Crippen LogP contribution is -2.26. The van der Waals surface area contributed by atoms with Gasteiger partial charge in [-0.1, -0.05) is 6.92 Å². The highest BCUT2D eigenvalue weighted by molar-refractivity contribution is 7.10. The minimum atomic E-state index is -0.559. The summed E-state index contributed by atoms with van der Waals surface area (Å²) in [6, 6.07) is 2.19. The highest BCUT2D eigenvalue weighted by Crippen LogP contribution is 2.17. The molecule has 0 amide bonds. The van der Waals surface area contributed by atoms with Crippen LogP contribution in [0, 0.1) is 0 Å². The van der Waals surface area contributed by atoms with Crippen LogP contribution < -0.4 is 5.32 Å². The molecule has 86 valence electrons. The van der Waals surface area contributed by atoms with Crippen LogP contribution in [0.3, 0.4) is 0 Å². The van der Waals surface area contributed by atoms with E-state index < -0.39 is 5.60 Å². The van der Waals surface area contributed by atoms with Crippen molar-refractivity contribution in [2.24, 2.45) is 0 Å². The van der Waals surface area contributed by atoms with Crippen molar-refractivity contribution in [1.29, 1.82) is 0 Å². The van der Waals surface area contributed by atoms with Crippen molar-refractivity contribution in [2.75, 3.05) is 6.54 Å². The Morgan fingerprint density at radius 2 is 2.20 bits per heavy atom. The van der Waals surface area contributed by atoms with E-state index in [1.807, 2.05) is 25.2 Å². The van der Waals surface area contributed by atoms with E-state index in [-0.39, 0.29) is 0 Å². The van der Waals surface area contributed by atoms with Crippen LogP contribution in [-0.4, -0.2) is 17.3 Å². The summed E-state index contributed by atoms with van der Waals surface area (Å²) in [5.41, 5.74) is 0.881. The van der Waals surface area contributed by atoms with E-state index in [1.54, 1.807) is 0 Å². The second-order valence-electron chi connectivity index (χ2n) is 4.46. The molecule has 2 N–H and O–H groups in total. The molecule has 0 aliphatic carbocycles. The standard InChI is InChI=1S/C12H21NOS/c1-4-10-5-8-15-11(10)9-13-7-6-12(2,3)14/h5,8,13-14H,4,6-7,9H2,1-3H3. The zero-order valence-electron chi connectivity index (χ0n) is 9.84. The number of hydrogen-bond donors (Lipinski definition) is 2. The summed E-state index contributed by atoms with van der Waals surface area (Å²) in [6.07, 6.45) is 1.89. The van der Waals surface area contributed by atoms with Gasteiger partial charge < -0.3 is 10.4 Å². The molecule has 0 unspecified atom stereocenters. The first-order valence-corrected chi connectivity index (χ1v) is 6.39. The van der Waals surface area contributed by atoms with Crippen LogP contribution in [0.5, 0.6) is 0 Å². The molecule has 0 radical (unpaired) electrons. The Morgan fingerprint density at radius 3 is 2.80 bits per heavy atom. The van der Waals surface area contributed by atoms with Crippen molar-refractivity contribution in [3.63, 3.8) is 0 Å². The summed E-state index contributed by atoms with van der Waals surface area (Å²) >= 11 is 1.81. The number of hydrogen-bond acceptors (Lipinski definition) is 3. The predicted octanol–water partition coefficient (Wildman–Crippen LogP) is 2.56. The van der Waals surface area contributed by atoms with Crippen molar-refractivity contribution in [3.8, 4) is 0 Å². The van der Waals surface area contributed by atoms with E-state index in [1.165, 1.54) is 10.4 Å². The molecule has 0 aliphatic rings. The van der Waals surface area contributed by atoms with Crippen LogP contribution in [0.4, 0.5) is 0 Å². The monoisotopic (exact) mass is 227 g/mol. The molecule has 3 heteroatoms. The predicted molar refractivity (Wildman–Crippen MR) is 66.3 cm³/mol. The van der Waals surface area contributed by atoms with Crippen LogP contribution in [-0.2, 0) is 13.0 Å². The first-order valence-electron chi connectivity index (χ1n) is 5.51. The Kier molecular flexibility index (Phi) is 4.77. The minimum absolute atomic E-state index is 0.559. The van der Waals surface area contributed by atoms with Gasteiger partial charge in [-0.05, 0) is 50.2 Å². The van der Waals surface area contributed by atoms with E-state index in [0.717, 1.165) is 25.9 Å². The molecule has 0 aromatic carbocycles. The molecule has 0 atom stereocenters. The normalized spacial score (nSPS) is 12.0. The van der Waals surface area contributed by atoms with Crippen LogP contribution in [0.1, 0.15) is 37.6 Å². The summed E-state index contributed by atoms with van der Waals surface area (Å²) in [5.74, 6) is 0. The molecule has 0 bridgehead atoms. The fourth-order valence-corrected chi connectivity index (χ4v) is 2.38. The minimum Gasteiger partial charge on any atom is -0.390 e. The molecule has 0 saturated carbocycles. The summed E-state index contributed by atoms with van der Waals surface area (Å²) < 4.78 is 0. The van der Waals surface area contributed by atoms with E-state index >= 15 is 0 Å². The molecule has 0 saturated heterocycles. The van der Waals surface area contributed by atoms with Crippen LogP contribution >= 0.6 is 11.3 Å². The molecule has 0 spiro atoms. The number of thiophene rings is 1. The first-order chi connectivity index (χ1) is 7.03. The van der Waals surface area contributed by atoms with Crippen molar-refractivity contribution >= 4 is 11.3 Å². The second kappa shape index (κ2) is 5.64. The highest BCUT2D eigenvalue weighted by atomic mass is 32.1. The molecular formula is C12H21NOS. The van der Waals surface area contributed by atoms with Crippen molar-refractivity contribution in [2.45, 2.75) is 45.8 Å². The molecule has 15 heavy (non-hydrogen) atoms. The second-order valence-corrected chi connectivity index (χ2v) is 5.46. The average molecular weight is 227 g/mol. The van der Waals surface area contributed by atoms with Crippen LogP contribution in [0.25, 0.3) is 0 Å². The maximum absolute atomic E-state index is 9.54. The maximum atomic E-state index is 9.54. The molecule has 0 fully saturated rings. The number of aryl methyl sites for hydroxylation is 1. The quantitative estimate of drug-likeness (QED) is 0.732. The summed E-state index contributed by atoms with van der Waals surface area (Å²) in [4.78, 5) is 1.42. The Morgan fingerprint density at radius 1 is 1.47 bits per heavy atom. The zero-order valence-corrected chi connectivity index (χ0v) is 10.7. The lowest BCUT2D eigenvalue weighted by molar-refractivity contribution is 0.0711. The van der Waals surface area contributed by atoms with Gasteiger partial charge in [0.05, 0.1) is 5.60 Å². The molecular weight excluding hydrogens is 206 g/mol. The van der Waals surface area contributed by atoms with E-state index in [0.29, 0.717) is 0 Å². The van der Waals surface area contributed by atoms with Gasteiger partial charge in [0, 0.05) is 11.4 Å². The summed E-state index contributed by atoms with van der Waals surface area (Å²) in [5, 5.41) is 15.1. The third kappa shape index (κ3) is 4.78. The van der Waals surface area contributed by atoms with Crippen molar-refractivity contribution < 1.29 is 5.11 Å². The van der Waals surface area contributed by atoms with E-state index in [4.69, 9.17) is 0 Å². The zero-order chi connectivity index (χ0) is 11.3. The third-order valence-corrected chi connectivity index (χ3v) is 3.38. The number of aliphatic hydroxyl groups is 1. The van der Waals surface area contributed by atoms with Gasteiger partial charge >= 0.3 is 0 Å². The van der Waals surface area contributed by atoms with Crippen molar-refractivity contribution in [1.82, 2.24) is 5.32 Å². The molecule has 1 aromatic rings. The smallest absolute Gasteiger partial charge is 0.0603 e. The molecule has 0 aliphatic heterocycles.